The Kier molecular flexibility index (Phi) is 5.34. The summed E-state index contributed by atoms with van der Waals surface area (Å²) in [5.74, 6) is 1.75. The number of hydrogen-bond donors (Lipinski definition) is 3. The second kappa shape index (κ2) is 8.22. The lowest BCUT2D eigenvalue weighted by atomic mass is 10.1. The molecular formula is C21H25N7. The van der Waals surface area contributed by atoms with Gasteiger partial charge in [0.2, 0.25) is 17.8 Å². The van der Waals surface area contributed by atoms with Crippen molar-refractivity contribution < 1.29 is 0 Å². The summed E-state index contributed by atoms with van der Waals surface area (Å²) in [5, 5.41) is 10.00. The third kappa shape index (κ3) is 4.55. The maximum Gasteiger partial charge on any atom is 0.233 e. The van der Waals surface area contributed by atoms with Crippen molar-refractivity contribution in [3.8, 4) is 0 Å². The molecule has 0 saturated carbocycles. The fourth-order valence-corrected chi connectivity index (χ4v) is 3.31. The van der Waals surface area contributed by atoms with E-state index >= 15 is 0 Å². The molecule has 0 aliphatic carbocycles. The molecule has 0 atom stereocenters. The van der Waals surface area contributed by atoms with Crippen LogP contribution in [0.4, 0.5) is 29.2 Å². The average Bonchev–Trinajstić information content (AvgIpc) is 2.68. The van der Waals surface area contributed by atoms with E-state index in [4.69, 9.17) is 0 Å². The van der Waals surface area contributed by atoms with Crippen LogP contribution >= 0.6 is 0 Å². The van der Waals surface area contributed by atoms with E-state index in [1.165, 1.54) is 11.1 Å². The predicted molar refractivity (Wildman–Crippen MR) is 114 cm³/mol. The van der Waals surface area contributed by atoms with Crippen LogP contribution in [-0.4, -0.2) is 41.1 Å². The first-order valence-electron chi connectivity index (χ1n) is 9.55. The quantitative estimate of drug-likeness (QED) is 0.631. The van der Waals surface area contributed by atoms with Crippen molar-refractivity contribution in [3.63, 3.8) is 0 Å². The smallest absolute Gasteiger partial charge is 0.233 e. The van der Waals surface area contributed by atoms with E-state index in [1.807, 2.05) is 30.3 Å². The maximum absolute atomic E-state index is 4.68. The Morgan fingerprint density at radius 2 is 1.39 bits per heavy atom. The minimum absolute atomic E-state index is 0.529. The molecule has 1 aliphatic rings. The summed E-state index contributed by atoms with van der Waals surface area (Å²) in [6, 6.07) is 16.3. The van der Waals surface area contributed by atoms with Gasteiger partial charge in [0.1, 0.15) is 0 Å². The third-order valence-corrected chi connectivity index (χ3v) is 4.53. The highest BCUT2D eigenvalue weighted by molar-refractivity contribution is 5.60. The molecule has 0 bridgehead atoms. The third-order valence-electron chi connectivity index (χ3n) is 4.53. The van der Waals surface area contributed by atoms with E-state index in [2.05, 4.69) is 67.8 Å². The Morgan fingerprint density at radius 1 is 0.786 bits per heavy atom. The van der Waals surface area contributed by atoms with Crippen LogP contribution in [-0.2, 0) is 0 Å². The van der Waals surface area contributed by atoms with E-state index in [0.717, 1.165) is 37.6 Å². The Balaban J connectivity index is 1.66. The summed E-state index contributed by atoms with van der Waals surface area (Å²) in [6.45, 7) is 7.76. The van der Waals surface area contributed by atoms with Gasteiger partial charge in [-0.25, -0.2) is 0 Å². The molecule has 4 rings (SSSR count). The minimum Gasteiger partial charge on any atom is -0.338 e. The van der Waals surface area contributed by atoms with Crippen LogP contribution < -0.4 is 20.9 Å². The van der Waals surface area contributed by atoms with E-state index in [9.17, 15) is 0 Å². The van der Waals surface area contributed by atoms with Gasteiger partial charge in [0.05, 0.1) is 0 Å². The van der Waals surface area contributed by atoms with Gasteiger partial charge in [0.15, 0.2) is 0 Å². The van der Waals surface area contributed by atoms with Crippen LogP contribution in [0, 0.1) is 13.8 Å². The summed E-state index contributed by atoms with van der Waals surface area (Å²) >= 11 is 0. The Bertz CT molecular complexity index is 916. The lowest BCUT2D eigenvalue weighted by molar-refractivity contribution is 0.579. The van der Waals surface area contributed by atoms with Gasteiger partial charge in [-0.05, 0) is 49.2 Å². The van der Waals surface area contributed by atoms with Crippen LogP contribution in [0.5, 0.6) is 0 Å². The molecule has 3 N–H and O–H groups in total. The van der Waals surface area contributed by atoms with Crippen LogP contribution in [0.2, 0.25) is 0 Å². The molecule has 144 valence electrons. The first-order chi connectivity index (χ1) is 13.7. The first-order valence-corrected chi connectivity index (χ1v) is 9.55. The van der Waals surface area contributed by atoms with Gasteiger partial charge in [0, 0.05) is 37.6 Å². The van der Waals surface area contributed by atoms with Crippen LogP contribution in [0.15, 0.2) is 48.5 Å². The van der Waals surface area contributed by atoms with Crippen molar-refractivity contribution in [1.29, 1.82) is 0 Å². The fraction of sp³-hybridized carbons (Fsp3) is 0.286. The fourth-order valence-electron chi connectivity index (χ4n) is 3.31. The lowest BCUT2D eigenvalue weighted by Crippen LogP contribution is -2.44. The average molecular weight is 375 g/mol. The molecule has 2 aromatic carbocycles. The van der Waals surface area contributed by atoms with Gasteiger partial charge in [-0.2, -0.15) is 15.0 Å². The maximum atomic E-state index is 4.68. The number of hydrogen-bond acceptors (Lipinski definition) is 7. The second-order valence-electron chi connectivity index (χ2n) is 7.01. The van der Waals surface area contributed by atoms with Gasteiger partial charge >= 0.3 is 0 Å². The van der Waals surface area contributed by atoms with E-state index < -0.39 is 0 Å². The van der Waals surface area contributed by atoms with Crippen molar-refractivity contribution >= 4 is 29.2 Å². The highest BCUT2D eigenvalue weighted by Gasteiger charge is 2.16. The summed E-state index contributed by atoms with van der Waals surface area (Å²) in [4.78, 5) is 16.1. The number of piperazine rings is 1. The molecule has 1 aliphatic heterocycles. The van der Waals surface area contributed by atoms with Gasteiger partial charge in [-0.3, -0.25) is 0 Å². The first kappa shape index (κ1) is 18.2. The predicted octanol–water partition coefficient (Wildman–Crippen LogP) is 3.39. The van der Waals surface area contributed by atoms with Crippen molar-refractivity contribution in [2.24, 2.45) is 0 Å². The Labute approximate surface area is 165 Å². The van der Waals surface area contributed by atoms with Crippen molar-refractivity contribution in [3.05, 3.63) is 59.7 Å². The number of para-hydroxylation sites is 1. The van der Waals surface area contributed by atoms with Crippen LogP contribution in [0.25, 0.3) is 0 Å². The molecule has 28 heavy (non-hydrogen) atoms. The Morgan fingerprint density at radius 3 is 2.04 bits per heavy atom. The number of aromatic nitrogens is 3. The molecule has 0 radical (unpaired) electrons. The minimum atomic E-state index is 0.529. The number of anilines is 5. The van der Waals surface area contributed by atoms with Gasteiger partial charge in [-0.15, -0.1) is 0 Å². The van der Waals surface area contributed by atoms with E-state index in [1.54, 1.807) is 0 Å². The molecular weight excluding hydrogens is 350 g/mol. The molecule has 1 saturated heterocycles. The molecule has 0 unspecified atom stereocenters. The van der Waals surface area contributed by atoms with Gasteiger partial charge in [-0.1, -0.05) is 24.3 Å². The number of benzene rings is 2. The molecule has 0 amide bonds. The molecule has 7 nitrogen and oxygen atoms in total. The molecule has 7 heteroatoms. The zero-order chi connectivity index (χ0) is 19.3. The number of nitrogens with zero attached hydrogens (tertiary/aromatic N) is 4. The van der Waals surface area contributed by atoms with Gasteiger partial charge < -0.3 is 20.9 Å². The summed E-state index contributed by atoms with van der Waals surface area (Å²) < 4.78 is 0. The highest BCUT2D eigenvalue weighted by Crippen LogP contribution is 2.22. The molecule has 0 spiro atoms. The lowest BCUT2D eigenvalue weighted by Gasteiger charge is -2.27. The Hall–Kier alpha value is -3.19. The number of nitrogens with one attached hydrogen (secondary N) is 3. The molecule has 2 heterocycles. The van der Waals surface area contributed by atoms with Crippen molar-refractivity contribution in [2.75, 3.05) is 41.7 Å². The van der Waals surface area contributed by atoms with Crippen LogP contribution in [0.1, 0.15) is 11.1 Å². The molecule has 1 fully saturated rings. The summed E-state index contributed by atoms with van der Waals surface area (Å²) in [5.41, 5.74) is 4.31. The zero-order valence-corrected chi connectivity index (χ0v) is 16.2. The highest BCUT2D eigenvalue weighted by atomic mass is 15.3. The van der Waals surface area contributed by atoms with Crippen molar-refractivity contribution in [2.45, 2.75) is 13.8 Å². The monoisotopic (exact) mass is 375 g/mol. The van der Waals surface area contributed by atoms with E-state index in [0.29, 0.717) is 17.8 Å². The van der Waals surface area contributed by atoms with Crippen LogP contribution in [0.3, 0.4) is 0 Å². The largest absolute Gasteiger partial charge is 0.338 e. The summed E-state index contributed by atoms with van der Waals surface area (Å²) in [6.07, 6.45) is 0. The molecule has 3 aromatic rings. The van der Waals surface area contributed by atoms with Crippen molar-refractivity contribution in [1.82, 2.24) is 20.3 Å². The standard InChI is InChI=1S/C21H25N7/c1-15-12-16(2)14-18(13-15)24-20-25-19(23-17-6-4-3-5-7-17)26-21(27-20)28-10-8-22-9-11-28/h3-7,12-14,22H,8-11H2,1-2H3,(H2,23,24,25,26,27). The second-order valence-corrected chi connectivity index (χ2v) is 7.01. The number of rotatable bonds is 5. The molecule has 1 aromatic heterocycles. The normalized spacial score (nSPS) is 14.0. The SMILES string of the molecule is Cc1cc(C)cc(Nc2nc(Nc3ccccc3)nc(N3CCNCC3)n2)c1. The summed E-state index contributed by atoms with van der Waals surface area (Å²) in [7, 11) is 0. The zero-order valence-electron chi connectivity index (χ0n) is 16.2. The number of aryl methyl sites for hydroxylation is 2. The van der Waals surface area contributed by atoms with Gasteiger partial charge in [0.25, 0.3) is 0 Å². The van der Waals surface area contributed by atoms with E-state index in [-0.39, 0.29) is 0 Å². The topological polar surface area (TPSA) is 78.0 Å².